The second kappa shape index (κ2) is 6.09. The van der Waals surface area contributed by atoms with Crippen LogP contribution in [0.4, 0.5) is 0 Å². The maximum absolute atomic E-state index is 12.5. The van der Waals surface area contributed by atoms with E-state index in [1.165, 1.54) is 0 Å². The number of hydrogen-bond acceptors (Lipinski definition) is 3. The van der Waals surface area contributed by atoms with Gasteiger partial charge in [0, 0.05) is 20.1 Å². The molecule has 0 spiro atoms. The molecule has 2 N–H and O–H groups in total. The predicted octanol–water partition coefficient (Wildman–Crippen LogP) is 2.00. The van der Waals surface area contributed by atoms with Crippen molar-refractivity contribution in [2.24, 2.45) is 13.0 Å². The molecule has 1 aliphatic heterocycles. The van der Waals surface area contributed by atoms with Crippen molar-refractivity contribution in [1.82, 2.24) is 20.2 Å². The summed E-state index contributed by atoms with van der Waals surface area (Å²) >= 11 is 0. The molecule has 5 heteroatoms. The van der Waals surface area contributed by atoms with Crippen molar-refractivity contribution in [2.75, 3.05) is 13.1 Å². The van der Waals surface area contributed by atoms with Crippen LogP contribution in [-0.2, 0) is 11.8 Å². The molecule has 122 valence electrons. The van der Waals surface area contributed by atoms with Gasteiger partial charge in [-0.2, -0.15) is 0 Å². The molecule has 24 heavy (non-hydrogen) atoms. The molecule has 5 nitrogen and oxygen atoms in total. The van der Waals surface area contributed by atoms with E-state index in [-0.39, 0.29) is 17.9 Å². The third-order valence-corrected chi connectivity index (χ3v) is 4.65. The zero-order chi connectivity index (χ0) is 16.5. The Morgan fingerprint density at radius 2 is 1.88 bits per heavy atom. The summed E-state index contributed by atoms with van der Waals surface area (Å²) < 4.78 is 2.06. The third-order valence-electron chi connectivity index (χ3n) is 4.65. The van der Waals surface area contributed by atoms with Crippen molar-refractivity contribution in [2.45, 2.75) is 6.04 Å². The molecule has 2 aromatic carbocycles. The monoisotopic (exact) mass is 320 g/mol. The van der Waals surface area contributed by atoms with Crippen molar-refractivity contribution < 1.29 is 4.79 Å². The lowest BCUT2D eigenvalue weighted by Crippen LogP contribution is -2.51. The van der Waals surface area contributed by atoms with Gasteiger partial charge in [-0.25, -0.2) is 4.98 Å². The maximum atomic E-state index is 12.5. The number of imidazole rings is 1. The van der Waals surface area contributed by atoms with Gasteiger partial charge >= 0.3 is 0 Å². The summed E-state index contributed by atoms with van der Waals surface area (Å²) in [5.41, 5.74) is 3.04. The van der Waals surface area contributed by atoms with Gasteiger partial charge in [-0.3, -0.25) is 4.79 Å². The molecule has 1 amide bonds. The lowest BCUT2D eigenvalue weighted by Gasteiger charge is -2.28. The fourth-order valence-corrected chi connectivity index (χ4v) is 3.10. The van der Waals surface area contributed by atoms with Gasteiger partial charge in [0.05, 0.1) is 17.0 Å². The first kappa shape index (κ1) is 14.9. The van der Waals surface area contributed by atoms with Crippen LogP contribution >= 0.6 is 0 Å². The second-order valence-electron chi connectivity index (χ2n) is 6.23. The number of para-hydroxylation sites is 2. The highest BCUT2D eigenvalue weighted by atomic mass is 16.2. The Morgan fingerprint density at radius 3 is 2.54 bits per heavy atom. The van der Waals surface area contributed by atoms with Crippen LogP contribution in [0.15, 0.2) is 54.6 Å². The first-order valence-corrected chi connectivity index (χ1v) is 8.21. The molecule has 1 saturated heterocycles. The van der Waals surface area contributed by atoms with E-state index in [0.717, 1.165) is 35.5 Å². The molecule has 3 aromatic rings. The molecule has 2 heterocycles. The van der Waals surface area contributed by atoms with Gasteiger partial charge in [-0.15, -0.1) is 0 Å². The number of nitrogens with one attached hydrogen (secondary N) is 2. The number of fused-ring (bicyclic) bond motifs is 1. The Morgan fingerprint density at radius 1 is 1.17 bits per heavy atom. The highest BCUT2D eigenvalue weighted by molar-refractivity contribution is 5.81. The van der Waals surface area contributed by atoms with E-state index < -0.39 is 0 Å². The van der Waals surface area contributed by atoms with Crippen molar-refractivity contribution in [3.8, 4) is 0 Å². The molecular formula is C19H20N4O. The van der Waals surface area contributed by atoms with E-state index in [9.17, 15) is 4.79 Å². The lowest BCUT2D eigenvalue weighted by molar-refractivity contribution is -0.127. The molecule has 0 aliphatic carbocycles. The average Bonchev–Trinajstić information content (AvgIpc) is 2.89. The summed E-state index contributed by atoms with van der Waals surface area (Å²) in [7, 11) is 2.00. The Balaban J connectivity index is 1.76. The number of carbonyl (C=O) groups excluding carboxylic acids is 1. The Kier molecular flexibility index (Phi) is 3.78. The maximum Gasteiger partial charge on any atom is 0.226 e. The summed E-state index contributed by atoms with van der Waals surface area (Å²) in [4.78, 5) is 17.3. The zero-order valence-electron chi connectivity index (χ0n) is 13.6. The number of aromatic nitrogens is 2. The minimum atomic E-state index is -0.253. The normalized spacial score (nSPS) is 15.9. The fourth-order valence-electron chi connectivity index (χ4n) is 3.10. The molecule has 1 atom stereocenters. The van der Waals surface area contributed by atoms with Gasteiger partial charge in [0.15, 0.2) is 0 Å². The van der Waals surface area contributed by atoms with Crippen LogP contribution in [0, 0.1) is 5.92 Å². The van der Waals surface area contributed by atoms with Crippen molar-refractivity contribution in [3.05, 3.63) is 66.0 Å². The largest absolute Gasteiger partial charge is 0.342 e. The molecule has 1 aliphatic rings. The Bertz CT molecular complexity index is 867. The standard InChI is InChI=1S/C19H20N4O/c1-23-16-10-6-5-9-15(16)21-18(23)17(13-7-3-2-4-8-13)22-19(24)14-11-20-12-14/h2-10,14,17,20H,11-12H2,1H3,(H,22,24). The number of aryl methyl sites for hydroxylation is 1. The smallest absolute Gasteiger partial charge is 0.226 e. The summed E-state index contributed by atoms with van der Waals surface area (Å²) in [6, 6.07) is 17.8. The third kappa shape index (κ3) is 2.57. The van der Waals surface area contributed by atoms with Gasteiger partial charge in [0.1, 0.15) is 11.9 Å². The van der Waals surface area contributed by atoms with Gasteiger partial charge < -0.3 is 15.2 Å². The van der Waals surface area contributed by atoms with Gasteiger partial charge in [-0.05, 0) is 17.7 Å². The predicted molar refractivity (Wildman–Crippen MR) is 93.5 cm³/mol. The quantitative estimate of drug-likeness (QED) is 0.773. The molecule has 0 saturated carbocycles. The number of hydrogen-bond donors (Lipinski definition) is 2. The molecule has 1 aromatic heterocycles. The fraction of sp³-hybridized carbons (Fsp3) is 0.263. The highest BCUT2D eigenvalue weighted by Crippen LogP contribution is 2.25. The van der Waals surface area contributed by atoms with Gasteiger partial charge in [0.25, 0.3) is 0 Å². The van der Waals surface area contributed by atoms with Crippen LogP contribution in [0.3, 0.4) is 0 Å². The number of carbonyl (C=O) groups is 1. The van der Waals surface area contributed by atoms with E-state index in [0.29, 0.717) is 0 Å². The minimum Gasteiger partial charge on any atom is -0.342 e. The van der Waals surface area contributed by atoms with Gasteiger partial charge in [-0.1, -0.05) is 42.5 Å². The van der Waals surface area contributed by atoms with Gasteiger partial charge in [0.2, 0.25) is 5.91 Å². The summed E-state index contributed by atoms with van der Waals surface area (Å²) in [5.74, 6) is 0.976. The van der Waals surface area contributed by atoms with Crippen LogP contribution < -0.4 is 10.6 Å². The number of rotatable bonds is 4. The minimum absolute atomic E-state index is 0.0471. The SMILES string of the molecule is Cn1c(C(NC(=O)C2CNC2)c2ccccc2)nc2ccccc21. The molecule has 1 fully saturated rings. The van der Waals surface area contributed by atoms with E-state index in [4.69, 9.17) is 4.98 Å². The Labute approximate surface area is 140 Å². The van der Waals surface area contributed by atoms with Crippen LogP contribution in [0.5, 0.6) is 0 Å². The van der Waals surface area contributed by atoms with E-state index >= 15 is 0 Å². The van der Waals surface area contributed by atoms with Crippen LogP contribution in [0.25, 0.3) is 11.0 Å². The topological polar surface area (TPSA) is 59.0 Å². The first-order chi connectivity index (χ1) is 11.7. The number of nitrogens with zero attached hydrogens (tertiary/aromatic N) is 2. The molecule has 0 bridgehead atoms. The second-order valence-corrected chi connectivity index (χ2v) is 6.23. The zero-order valence-corrected chi connectivity index (χ0v) is 13.6. The van der Waals surface area contributed by atoms with E-state index in [1.807, 2.05) is 61.6 Å². The summed E-state index contributed by atoms with van der Waals surface area (Å²) in [6.45, 7) is 1.49. The Hall–Kier alpha value is -2.66. The summed E-state index contributed by atoms with van der Waals surface area (Å²) in [5, 5.41) is 6.34. The number of benzene rings is 2. The molecule has 1 unspecified atom stereocenters. The lowest BCUT2D eigenvalue weighted by atomic mass is 10.00. The highest BCUT2D eigenvalue weighted by Gasteiger charge is 2.29. The van der Waals surface area contributed by atoms with Crippen LogP contribution in [0.2, 0.25) is 0 Å². The van der Waals surface area contributed by atoms with Crippen LogP contribution in [0.1, 0.15) is 17.4 Å². The van der Waals surface area contributed by atoms with Crippen molar-refractivity contribution in [1.29, 1.82) is 0 Å². The average molecular weight is 320 g/mol. The van der Waals surface area contributed by atoms with E-state index in [2.05, 4.69) is 15.2 Å². The van der Waals surface area contributed by atoms with Crippen LogP contribution in [-0.4, -0.2) is 28.5 Å². The van der Waals surface area contributed by atoms with E-state index in [1.54, 1.807) is 0 Å². The number of amides is 1. The molecule has 0 radical (unpaired) electrons. The van der Waals surface area contributed by atoms with Crippen molar-refractivity contribution in [3.63, 3.8) is 0 Å². The first-order valence-electron chi connectivity index (χ1n) is 8.21. The van der Waals surface area contributed by atoms with Crippen molar-refractivity contribution >= 4 is 16.9 Å². The molecule has 4 rings (SSSR count). The summed E-state index contributed by atoms with van der Waals surface area (Å²) in [6.07, 6.45) is 0. The molecular weight excluding hydrogens is 300 g/mol.